The zero-order valence-electron chi connectivity index (χ0n) is 14.3. The number of rotatable bonds is 3. The minimum atomic E-state index is -3.57. The molecule has 2 fully saturated rings. The summed E-state index contributed by atoms with van der Waals surface area (Å²) in [6, 6.07) is 6.93. The summed E-state index contributed by atoms with van der Waals surface area (Å²) in [6.07, 6.45) is 4.66. The molecule has 0 radical (unpaired) electrons. The van der Waals surface area contributed by atoms with Crippen LogP contribution in [0.25, 0.3) is 0 Å². The predicted molar refractivity (Wildman–Crippen MR) is 91.0 cm³/mol. The Hall–Kier alpha value is -1.40. The highest BCUT2D eigenvalue weighted by molar-refractivity contribution is 7.89. The van der Waals surface area contributed by atoms with Crippen molar-refractivity contribution >= 4 is 16.0 Å². The molecule has 0 unspecified atom stereocenters. The van der Waals surface area contributed by atoms with Crippen LogP contribution in [0.1, 0.15) is 44.6 Å². The van der Waals surface area contributed by atoms with Gasteiger partial charge in [0.1, 0.15) is 6.10 Å². The number of sulfonamides is 1. The highest BCUT2D eigenvalue weighted by atomic mass is 32.2. The fourth-order valence-corrected chi connectivity index (χ4v) is 5.71. The van der Waals surface area contributed by atoms with E-state index in [2.05, 4.69) is 0 Å². The molecule has 1 aliphatic heterocycles. The van der Waals surface area contributed by atoms with Crippen LogP contribution in [-0.2, 0) is 19.6 Å². The SMILES string of the molecule is CC(=O)O[C@H]1CN(S(=O)(=O)c2ccc(C)cc2)CC2(CCCC2)C1. The van der Waals surface area contributed by atoms with Gasteiger partial charge >= 0.3 is 5.97 Å². The van der Waals surface area contributed by atoms with Crippen molar-refractivity contribution in [2.75, 3.05) is 13.1 Å². The van der Waals surface area contributed by atoms with Gasteiger partial charge in [0.05, 0.1) is 11.4 Å². The second-order valence-electron chi connectivity index (χ2n) is 7.25. The van der Waals surface area contributed by atoms with Crippen molar-refractivity contribution in [3.63, 3.8) is 0 Å². The van der Waals surface area contributed by atoms with Crippen LogP contribution in [0.4, 0.5) is 0 Å². The summed E-state index contributed by atoms with van der Waals surface area (Å²) >= 11 is 0. The fourth-order valence-electron chi connectivity index (χ4n) is 4.12. The standard InChI is InChI=1S/C18H25NO4S/c1-14-5-7-17(8-6-14)24(21,22)19-12-16(23-15(2)20)11-18(13-19)9-3-4-10-18/h5-8,16H,3-4,9-13H2,1-2H3/t16-/m1/s1. The summed E-state index contributed by atoms with van der Waals surface area (Å²) in [4.78, 5) is 11.7. The van der Waals surface area contributed by atoms with Crippen molar-refractivity contribution in [2.24, 2.45) is 5.41 Å². The molecule has 1 heterocycles. The lowest BCUT2D eigenvalue weighted by Gasteiger charge is -2.43. The number of ether oxygens (including phenoxy) is 1. The van der Waals surface area contributed by atoms with Gasteiger partial charge in [-0.25, -0.2) is 8.42 Å². The number of esters is 1. The molecule has 132 valence electrons. The molecule has 1 aliphatic carbocycles. The minimum absolute atomic E-state index is 0.0455. The maximum absolute atomic E-state index is 13.1. The smallest absolute Gasteiger partial charge is 0.302 e. The van der Waals surface area contributed by atoms with Crippen LogP contribution in [0, 0.1) is 12.3 Å². The second kappa shape index (κ2) is 6.48. The van der Waals surface area contributed by atoms with E-state index in [0.717, 1.165) is 37.7 Å². The van der Waals surface area contributed by atoms with E-state index in [-0.39, 0.29) is 24.0 Å². The summed E-state index contributed by atoms with van der Waals surface area (Å²) in [5, 5.41) is 0. The summed E-state index contributed by atoms with van der Waals surface area (Å²) in [5.41, 5.74) is 0.980. The van der Waals surface area contributed by atoms with Crippen LogP contribution in [0.15, 0.2) is 29.2 Å². The molecule has 1 saturated heterocycles. The van der Waals surface area contributed by atoms with E-state index in [9.17, 15) is 13.2 Å². The van der Waals surface area contributed by atoms with E-state index in [0.29, 0.717) is 11.4 Å². The quantitative estimate of drug-likeness (QED) is 0.786. The van der Waals surface area contributed by atoms with Gasteiger partial charge < -0.3 is 4.74 Å². The number of aryl methyl sites for hydroxylation is 1. The van der Waals surface area contributed by atoms with Gasteiger partial charge in [0.25, 0.3) is 0 Å². The minimum Gasteiger partial charge on any atom is -0.461 e. The highest BCUT2D eigenvalue weighted by Crippen LogP contribution is 2.46. The number of benzene rings is 1. The van der Waals surface area contributed by atoms with Gasteiger partial charge in [-0.1, -0.05) is 30.5 Å². The molecule has 6 heteroatoms. The van der Waals surface area contributed by atoms with E-state index in [1.165, 1.54) is 11.2 Å². The van der Waals surface area contributed by atoms with Crippen molar-refractivity contribution in [3.8, 4) is 0 Å². The van der Waals surface area contributed by atoms with Crippen LogP contribution < -0.4 is 0 Å². The van der Waals surface area contributed by atoms with Crippen molar-refractivity contribution in [1.82, 2.24) is 4.31 Å². The number of hydrogen-bond acceptors (Lipinski definition) is 4. The largest absolute Gasteiger partial charge is 0.461 e. The van der Waals surface area contributed by atoms with Crippen LogP contribution in [-0.4, -0.2) is 37.9 Å². The molecule has 1 saturated carbocycles. The number of carbonyl (C=O) groups excluding carboxylic acids is 1. The predicted octanol–water partition coefficient (Wildman–Crippen LogP) is 2.88. The third-order valence-electron chi connectivity index (χ3n) is 5.24. The maximum atomic E-state index is 13.1. The first-order valence-corrected chi connectivity index (χ1v) is 9.99. The first kappa shape index (κ1) is 17.4. The van der Waals surface area contributed by atoms with Crippen molar-refractivity contribution < 1.29 is 17.9 Å². The van der Waals surface area contributed by atoms with Gasteiger partial charge in [0.15, 0.2) is 0 Å². The van der Waals surface area contributed by atoms with Crippen LogP contribution in [0.2, 0.25) is 0 Å². The Morgan fingerprint density at radius 1 is 1.21 bits per heavy atom. The van der Waals surface area contributed by atoms with Gasteiger partial charge in [-0.2, -0.15) is 4.31 Å². The van der Waals surface area contributed by atoms with Gasteiger partial charge in [0, 0.05) is 13.5 Å². The van der Waals surface area contributed by atoms with Crippen molar-refractivity contribution in [1.29, 1.82) is 0 Å². The fraction of sp³-hybridized carbons (Fsp3) is 0.611. The molecule has 1 spiro atoms. The third kappa shape index (κ3) is 3.49. The lowest BCUT2D eigenvalue weighted by molar-refractivity contribution is -0.150. The molecule has 0 bridgehead atoms. The Morgan fingerprint density at radius 3 is 2.42 bits per heavy atom. The average Bonchev–Trinajstić information content (AvgIpc) is 2.94. The zero-order chi connectivity index (χ0) is 17.4. The molecule has 1 aromatic carbocycles. The normalized spacial score (nSPS) is 24.2. The summed E-state index contributed by atoms with van der Waals surface area (Å²) in [6.45, 7) is 4.09. The van der Waals surface area contributed by atoms with Crippen molar-refractivity contribution in [2.45, 2.75) is 57.0 Å². The molecule has 1 aromatic rings. The average molecular weight is 351 g/mol. The zero-order valence-corrected chi connectivity index (χ0v) is 15.1. The number of nitrogens with zero attached hydrogens (tertiary/aromatic N) is 1. The number of piperidine rings is 1. The first-order valence-electron chi connectivity index (χ1n) is 8.55. The van der Waals surface area contributed by atoms with Gasteiger partial charge in [-0.05, 0) is 43.7 Å². The molecule has 1 atom stereocenters. The topological polar surface area (TPSA) is 63.7 Å². The second-order valence-corrected chi connectivity index (χ2v) is 9.19. The Kier molecular flexibility index (Phi) is 4.71. The lowest BCUT2D eigenvalue weighted by Crippen LogP contribution is -2.51. The highest BCUT2D eigenvalue weighted by Gasteiger charge is 2.46. The molecule has 0 amide bonds. The van der Waals surface area contributed by atoms with E-state index in [4.69, 9.17) is 4.74 Å². The molecule has 2 aliphatic rings. The van der Waals surface area contributed by atoms with Crippen LogP contribution >= 0.6 is 0 Å². The summed E-state index contributed by atoms with van der Waals surface area (Å²) in [7, 11) is -3.57. The maximum Gasteiger partial charge on any atom is 0.302 e. The Morgan fingerprint density at radius 2 is 1.83 bits per heavy atom. The Labute approximate surface area is 144 Å². The van der Waals surface area contributed by atoms with Crippen LogP contribution in [0.3, 0.4) is 0 Å². The van der Waals surface area contributed by atoms with Crippen molar-refractivity contribution in [3.05, 3.63) is 29.8 Å². The summed E-state index contributed by atoms with van der Waals surface area (Å²) in [5.74, 6) is -0.345. The van der Waals surface area contributed by atoms with Gasteiger partial charge in [0.2, 0.25) is 10.0 Å². The monoisotopic (exact) mass is 351 g/mol. The van der Waals surface area contributed by atoms with E-state index in [1.54, 1.807) is 12.1 Å². The summed E-state index contributed by atoms with van der Waals surface area (Å²) < 4.78 is 33.1. The third-order valence-corrected chi connectivity index (χ3v) is 7.06. The van der Waals surface area contributed by atoms with E-state index >= 15 is 0 Å². The first-order chi connectivity index (χ1) is 11.3. The lowest BCUT2D eigenvalue weighted by atomic mass is 9.78. The van der Waals surface area contributed by atoms with Gasteiger partial charge in [-0.15, -0.1) is 0 Å². The molecular formula is C18H25NO4S. The van der Waals surface area contributed by atoms with E-state index in [1.807, 2.05) is 19.1 Å². The molecular weight excluding hydrogens is 326 g/mol. The van der Waals surface area contributed by atoms with Gasteiger partial charge in [-0.3, -0.25) is 4.79 Å². The molecule has 0 N–H and O–H groups in total. The molecule has 5 nitrogen and oxygen atoms in total. The van der Waals surface area contributed by atoms with Crippen LogP contribution in [0.5, 0.6) is 0 Å². The Bertz CT molecular complexity index is 705. The number of carbonyl (C=O) groups is 1. The van der Waals surface area contributed by atoms with E-state index < -0.39 is 10.0 Å². The number of hydrogen-bond donors (Lipinski definition) is 0. The molecule has 0 aromatic heterocycles. The molecule has 3 rings (SSSR count). The molecule has 24 heavy (non-hydrogen) atoms. The Balaban J connectivity index is 1.89.